The highest BCUT2D eigenvalue weighted by Crippen LogP contribution is 2.41. The molecule has 2 atom stereocenters. The molecule has 39 heavy (non-hydrogen) atoms. The van der Waals surface area contributed by atoms with Crippen LogP contribution in [0.15, 0.2) is 48.8 Å². The SMILES string of the molecule is Cn1cc(-c2cccc(CN3CCN4c5cc6c(cc5OC[C@@H]4C3)C(=O)N([C@H]3CCC(=O)NC3=O)C6)c2)cn1. The smallest absolute Gasteiger partial charge is 0.255 e. The van der Waals surface area contributed by atoms with Gasteiger partial charge in [0.2, 0.25) is 11.8 Å². The number of amides is 3. The molecule has 0 aliphatic carbocycles. The molecule has 0 unspecified atom stereocenters. The Morgan fingerprint density at radius 1 is 1.08 bits per heavy atom. The first kappa shape index (κ1) is 23.9. The van der Waals surface area contributed by atoms with E-state index in [0.29, 0.717) is 25.1 Å². The third kappa shape index (κ3) is 4.24. The number of fused-ring (bicyclic) bond motifs is 4. The molecule has 0 saturated carbocycles. The van der Waals surface area contributed by atoms with E-state index in [1.807, 2.05) is 30.2 Å². The lowest BCUT2D eigenvalue weighted by molar-refractivity contribution is -0.136. The number of carbonyl (C=O) groups is 3. The number of nitrogens with one attached hydrogen (secondary N) is 1. The number of piperidine rings is 1. The van der Waals surface area contributed by atoms with Crippen LogP contribution in [-0.2, 0) is 29.7 Å². The van der Waals surface area contributed by atoms with Crippen molar-refractivity contribution >= 4 is 23.4 Å². The fourth-order valence-electron chi connectivity index (χ4n) is 6.31. The van der Waals surface area contributed by atoms with Crippen LogP contribution in [0.25, 0.3) is 11.1 Å². The minimum atomic E-state index is -0.617. The number of aryl methyl sites for hydroxylation is 1. The second-order valence-electron chi connectivity index (χ2n) is 10.9. The van der Waals surface area contributed by atoms with Crippen LogP contribution in [0.3, 0.4) is 0 Å². The first-order valence-electron chi connectivity index (χ1n) is 13.4. The number of nitrogens with zero attached hydrogens (tertiary/aromatic N) is 5. The van der Waals surface area contributed by atoms with E-state index in [9.17, 15) is 14.4 Å². The number of imide groups is 1. The van der Waals surface area contributed by atoms with Crippen molar-refractivity contribution in [3.63, 3.8) is 0 Å². The molecule has 200 valence electrons. The lowest BCUT2D eigenvalue weighted by atomic mass is 10.0. The summed E-state index contributed by atoms with van der Waals surface area (Å²) in [7, 11) is 1.93. The molecule has 4 aliphatic rings. The topological polar surface area (TPSA) is 100 Å². The summed E-state index contributed by atoms with van der Waals surface area (Å²) in [5, 5.41) is 6.66. The summed E-state index contributed by atoms with van der Waals surface area (Å²) in [6.07, 6.45) is 4.53. The predicted octanol–water partition coefficient (Wildman–Crippen LogP) is 1.93. The Hall–Kier alpha value is -4.18. The summed E-state index contributed by atoms with van der Waals surface area (Å²) < 4.78 is 8.01. The van der Waals surface area contributed by atoms with Crippen LogP contribution in [0.4, 0.5) is 5.69 Å². The van der Waals surface area contributed by atoms with Crippen LogP contribution in [0.2, 0.25) is 0 Å². The van der Waals surface area contributed by atoms with Crippen molar-refractivity contribution in [3.05, 3.63) is 65.5 Å². The molecule has 10 heteroatoms. The van der Waals surface area contributed by atoms with E-state index in [1.165, 1.54) is 11.1 Å². The highest BCUT2D eigenvalue weighted by Gasteiger charge is 2.41. The van der Waals surface area contributed by atoms with E-state index in [0.717, 1.165) is 48.7 Å². The second kappa shape index (κ2) is 9.23. The molecule has 7 rings (SSSR count). The summed E-state index contributed by atoms with van der Waals surface area (Å²) >= 11 is 0. The molecule has 2 aromatic carbocycles. The van der Waals surface area contributed by atoms with Gasteiger partial charge in [-0.05, 0) is 41.3 Å². The molecule has 3 amide bonds. The van der Waals surface area contributed by atoms with E-state index in [4.69, 9.17) is 4.74 Å². The Labute approximate surface area is 226 Å². The van der Waals surface area contributed by atoms with Gasteiger partial charge in [0, 0.05) is 63.5 Å². The molecule has 4 aliphatic heterocycles. The Bertz CT molecular complexity index is 1500. The minimum absolute atomic E-state index is 0.175. The quantitative estimate of drug-likeness (QED) is 0.519. The van der Waals surface area contributed by atoms with Gasteiger partial charge in [-0.1, -0.05) is 18.2 Å². The summed E-state index contributed by atoms with van der Waals surface area (Å²) in [6.45, 7) is 4.47. The van der Waals surface area contributed by atoms with Crippen LogP contribution in [-0.4, -0.2) is 75.6 Å². The predicted molar refractivity (Wildman–Crippen MR) is 143 cm³/mol. The molecular weight excluding hydrogens is 496 g/mol. The molecule has 0 radical (unpaired) electrons. The lowest BCUT2D eigenvalue weighted by Gasteiger charge is -2.45. The van der Waals surface area contributed by atoms with E-state index in [-0.39, 0.29) is 24.3 Å². The van der Waals surface area contributed by atoms with Gasteiger partial charge in [-0.15, -0.1) is 0 Å². The Morgan fingerprint density at radius 2 is 1.97 bits per heavy atom. The Morgan fingerprint density at radius 3 is 2.79 bits per heavy atom. The van der Waals surface area contributed by atoms with Crippen molar-refractivity contribution in [3.8, 4) is 16.9 Å². The molecule has 2 fully saturated rings. The van der Waals surface area contributed by atoms with Gasteiger partial charge in [-0.2, -0.15) is 5.10 Å². The van der Waals surface area contributed by atoms with Crippen LogP contribution < -0.4 is 15.0 Å². The first-order chi connectivity index (χ1) is 18.9. The van der Waals surface area contributed by atoms with Gasteiger partial charge in [-0.25, -0.2) is 0 Å². The van der Waals surface area contributed by atoms with Crippen molar-refractivity contribution in [1.82, 2.24) is 24.9 Å². The minimum Gasteiger partial charge on any atom is -0.489 e. The molecule has 5 heterocycles. The first-order valence-corrected chi connectivity index (χ1v) is 13.4. The summed E-state index contributed by atoms with van der Waals surface area (Å²) in [5.74, 6) is -0.126. The molecular formula is C29H30N6O4. The highest BCUT2D eigenvalue weighted by atomic mass is 16.5. The van der Waals surface area contributed by atoms with E-state index in [1.54, 1.807) is 4.90 Å². The fourth-order valence-corrected chi connectivity index (χ4v) is 6.31. The number of piperazine rings is 1. The van der Waals surface area contributed by atoms with Crippen LogP contribution >= 0.6 is 0 Å². The molecule has 10 nitrogen and oxygen atoms in total. The van der Waals surface area contributed by atoms with Crippen LogP contribution in [0.1, 0.15) is 34.3 Å². The fraction of sp³-hybridized carbons (Fsp3) is 0.379. The maximum Gasteiger partial charge on any atom is 0.255 e. The zero-order valence-corrected chi connectivity index (χ0v) is 21.8. The normalized spacial score (nSPS) is 22.7. The highest BCUT2D eigenvalue weighted by molar-refractivity contribution is 6.05. The largest absolute Gasteiger partial charge is 0.489 e. The van der Waals surface area contributed by atoms with E-state index < -0.39 is 11.9 Å². The van der Waals surface area contributed by atoms with E-state index >= 15 is 0 Å². The van der Waals surface area contributed by atoms with Crippen molar-refractivity contribution in [2.24, 2.45) is 7.05 Å². The molecule has 1 aromatic heterocycles. The molecule has 2 saturated heterocycles. The van der Waals surface area contributed by atoms with Crippen LogP contribution in [0, 0.1) is 0 Å². The Kier molecular flexibility index (Phi) is 5.66. The molecule has 1 N–H and O–H groups in total. The van der Waals surface area contributed by atoms with Crippen molar-refractivity contribution in [2.45, 2.75) is 38.0 Å². The number of hydrogen-bond donors (Lipinski definition) is 1. The number of rotatable bonds is 4. The van der Waals surface area contributed by atoms with Crippen LogP contribution in [0.5, 0.6) is 5.75 Å². The maximum atomic E-state index is 13.2. The van der Waals surface area contributed by atoms with Crippen molar-refractivity contribution in [2.75, 3.05) is 31.1 Å². The zero-order chi connectivity index (χ0) is 26.7. The van der Waals surface area contributed by atoms with Gasteiger partial charge in [-0.3, -0.25) is 29.3 Å². The maximum absolute atomic E-state index is 13.2. The molecule has 0 spiro atoms. The molecule has 0 bridgehead atoms. The van der Waals surface area contributed by atoms with Crippen molar-refractivity contribution in [1.29, 1.82) is 0 Å². The van der Waals surface area contributed by atoms with Gasteiger partial charge in [0.05, 0.1) is 17.9 Å². The number of ether oxygens (including phenoxy) is 1. The number of anilines is 1. The monoisotopic (exact) mass is 526 g/mol. The van der Waals surface area contributed by atoms with Gasteiger partial charge in [0.25, 0.3) is 5.91 Å². The third-order valence-electron chi connectivity index (χ3n) is 8.28. The van der Waals surface area contributed by atoms with E-state index in [2.05, 4.69) is 50.5 Å². The average molecular weight is 527 g/mol. The third-order valence-corrected chi connectivity index (χ3v) is 8.28. The number of benzene rings is 2. The second-order valence-corrected chi connectivity index (χ2v) is 10.9. The molecule has 3 aromatic rings. The van der Waals surface area contributed by atoms with Gasteiger partial charge in [0.15, 0.2) is 0 Å². The van der Waals surface area contributed by atoms with Gasteiger partial charge < -0.3 is 14.5 Å². The summed E-state index contributed by atoms with van der Waals surface area (Å²) in [4.78, 5) is 43.7. The summed E-state index contributed by atoms with van der Waals surface area (Å²) in [6, 6.07) is 12.1. The zero-order valence-electron chi connectivity index (χ0n) is 21.8. The van der Waals surface area contributed by atoms with Gasteiger partial charge in [0.1, 0.15) is 18.4 Å². The standard InChI is InChI=1S/C29H30N6O4/c1-32-14-21(12-30-32)19-4-2-3-18(9-19)13-33-7-8-34-22(16-33)17-39-26-11-23-20(10-25(26)34)15-35(29(23)38)24-5-6-27(36)31-28(24)37/h2-4,9-12,14,22,24H,5-8,13,15-17H2,1H3,(H,31,36,37)/t22-,24-/m0/s1. The lowest BCUT2D eigenvalue weighted by Crippen LogP contribution is -2.56. The van der Waals surface area contributed by atoms with Crippen molar-refractivity contribution < 1.29 is 19.1 Å². The Balaban J connectivity index is 1.06. The average Bonchev–Trinajstić information content (AvgIpc) is 3.50. The summed E-state index contributed by atoms with van der Waals surface area (Å²) in [5.41, 5.74) is 6.06. The van der Waals surface area contributed by atoms with Gasteiger partial charge >= 0.3 is 0 Å². The number of hydrogen-bond acceptors (Lipinski definition) is 7. The number of aromatic nitrogens is 2. The number of carbonyl (C=O) groups excluding carboxylic acids is 3.